The average Bonchev–Trinajstić information content (AvgIpc) is 2.91. The lowest BCUT2D eigenvalue weighted by molar-refractivity contribution is -0.123. The number of carbonyl (C=O) groups is 2. The highest BCUT2D eigenvalue weighted by atomic mass is 79.9. The predicted octanol–water partition coefficient (Wildman–Crippen LogP) is 4.36. The van der Waals surface area contributed by atoms with Crippen LogP contribution < -0.4 is 5.32 Å². The number of carbonyl (C=O) groups excluding carboxylic acids is 2. The summed E-state index contributed by atoms with van der Waals surface area (Å²) in [6.07, 6.45) is -0.963. The molecular weight excluding hydrogens is 388 g/mol. The molecule has 1 aromatic heterocycles. The summed E-state index contributed by atoms with van der Waals surface area (Å²) in [5.74, 6) is -0.598. The first-order chi connectivity index (χ1) is 11.7. The number of hydrogen-bond donors (Lipinski definition) is 1. The molecule has 1 N–H and O–H groups in total. The van der Waals surface area contributed by atoms with E-state index >= 15 is 0 Å². The molecule has 0 unspecified atom stereocenters. The molecule has 7 heteroatoms. The SMILES string of the molecule is Cc1ccc(NC(=O)[C@H](C)OC(=O)c2c(C)noc2C(C)C)c(Br)c1. The Balaban J connectivity index is 2.08. The molecule has 1 heterocycles. The van der Waals surface area contributed by atoms with Crippen LogP contribution >= 0.6 is 15.9 Å². The molecule has 0 saturated heterocycles. The van der Waals surface area contributed by atoms with Crippen molar-refractivity contribution in [2.24, 2.45) is 0 Å². The maximum absolute atomic E-state index is 12.4. The molecule has 1 atom stereocenters. The second-order valence-electron chi connectivity index (χ2n) is 6.18. The Morgan fingerprint density at radius 1 is 1.24 bits per heavy atom. The summed E-state index contributed by atoms with van der Waals surface area (Å²) in [6, 6.07) is 5.56. The topological polar surface area (TPSA) is 81.4 Å². The van der Waals surface area contributed by atoms with Crippen LogP contribution in [-0.4, -0.2) is 23.1 Å². The fourth-order valence-corrected chi connectivity index (χ4v) is 2.85. The molecule has 0 radical (unpaired) electrons. The maximum atomic E-state index is 12.4. The Bertz CT molecular complexity index is 798. The van der Waals surface area contributed by atoms with Gasteiger partial charge in [-0.15, -0.1) is 0 Å². The minimum Gasteiger partial charge on any atom is -0.449 e. The highest BCUT2D eigenvalue weighted by molar-refractivity contribution is 9.10. The Morgan fingerprint density at radius 2 is 1.92 bits per heavy atom. The molecule has 134 valence electrons. The van der Waals surface area contributed by atoms with E-state index in [9.17, 15) is 9.59 Å². The Labute approximate surface area is 155 Å². The maximum Gasteiger partial charge on any atom is 0.344 e. The van der Waals surface area contributed by atoms with Gasteiger partial charge in [0.05, 0.1) is 11.4 Å². The largest absolute Gasteiger partial charge is 0.449 e. The van der Waals surface area contributed by atoms with E-state index in [1.54, 1.807) is 13.0 Å². The summed E-state index contributed by atoms with van der Waals surface area (Å²) >= 11 is 3.40. The van der Waals surface area contributed by atoms with Gasteiger partial charge in [0.1, 0.15) is 5.56 Å². The zero-order chi connectivity index (χ0) is 18.7. The van der Waals surface area contributed by atoms with E-state index in [4.69, 9.17) is 9.26 Å². The number of aromatic nitrogens is 1. The molecule has 0 spiro atoms. The molecule has 25 heavy (non-hydrogen) atoms. The van der Waals surface area contributed by atoms with Crippen molar-refractivity contribution in [1.29, 1.82) is 0 Å². The van der Waals surface area contributed by atoms with E-state index in [1.165, 1.54) is 6.92 Å². The van der Waals surface area contributed by atoms with Gasteiger partial charge >= 0.3 is 5.97 Å². The van der Waals surface area contributed by atoms with Gasteiger partial charge < -0.3 is 14.6 Å². The fraction of sp³-hybridized carbons (Fsp3) is 0.389. The van der Waals surface area contributed by atoms with Crippen molar-refractivity contribution in [2.45, 2.75) is 46.6 Å². The summed E-state index contributed by atoms with van der Waals surface area (Å²) in [4.78, 5) is 24.7. The van der Waals surface area contributed by atoms with Gasteiger partial charge in [0, 0.05) is 10.4 Å². The van der Waals surface area contributed by atoms with Gasteiger partial charge in [0.25, 0.3) is 5.91 Å². The van der Waals surface area contributed by atoms with Crippen molar-refractivity contribution in [3.8, 4) is 0 Å². The van der Waals surface area contributed by atoms with Gasteiger partial charge in [-0.3, -0.25) is 4.79 Å². The Morgan fingerprint density at radius 3 is 2.52 bits per heavy atom. The lowest BCUT2D eigenvalue weighted by Crippen LogP contribution is -2.30. The zero-order valence-electron chi connectivity index (χ0n) is 14.8. The quantitative estimate of drug-likeness (QED) is 0.743. The van der Waals surface area contributed by atoms with Gasteiger partial charge in [-0.05, 0) is 54.4 Å². The van der Waals surface area contributed by atoms with Crippen molar-refractivity contribution in [1.82, 2.24) is 5.16 Å². The van der Waals surface area contributed by atoms with E-state index in [1.807, 2.05) is 32.9 Å². The van der Waals surface area contributed by atoms with E-state index in [0.717, 1.165) is 10.0 Å². The summed E-state index contributed by atoms with van der Waals surface area (Å²) in [7, 11) is 0. The molecule has 0 aliphatic rings. The molecular formula is C18H21BrN2O4. The molecule has 0 fully saturated rings. The minimum atomic E-state index is -0.963. The van der Waals surface area contributed by atoms with Crippen molar-refractivity contribution in [3.63, 3.8) is 0 Å². The molecule has 2 aromatic rings. The third kappa shape index (κ3) is 4.48. The van der Waals surface area contributed by atoms with Crippen LogP contribution in [0.5, 0.6) is 0 Å². The van der Waals surface area contributed by atoms with Crippen LogP contribution in [0, 0.1) is 13.8 Å². The first-order valence-corrected chi connectivity index (χ1v) is 8.74. The van der Waals surface area contributed by atoms with Gasteiger partial charge in [0.15, 0.2) is 11.9 Å². The van der Waals surface area contributed by atoms with Crippen molar-refractivity contribution in [3.05, 3.63) is 45.3 Å². The molecule has 0 bridgehead atoms. The van der Waals surface area contributed by atoms with Gasteiger partial charge in [-0.1, -0.05) is 25.1 Å². The third-order valence-electron chi connectivity index (χ3n) is 3.65. The predicted molar refractivity (Wildman–Crippen MR) is 97.7 cm³/mol. The highest BCUT2D eigenvalue weighted by Crippen LogP contribution is 2.25. The Hall–Kier alpha value is -2.15. The third-order valence-corrected chi connectivity index (χ3v) is 4.31. The van der Waals surface area contributed by atoms with Gasteiger partial charge in [-0.25, -0.2) is 4.79 Å². The number of aryl methyl sites for hydroxylation is 2. The van der Waals surface area contributed by atoms with Crippen LogP contribution in [0.3, 0.4) is 0 Å². The monoisotopic (exact) mass is 408 g/mol. The second-order valence-corrected chi connectivity index (χ2v) is 7.04. The standard InChI is InChI=1S/C18H21BrN2O4/c1-9(2)16-15(11(4)21-25-16)18(23)24-12(5)17(22)20-14-7-6-10(3)8-13(14)19/h6-9,12H,1-5H3,(H,20,22)/t12-/m0/s1. The van der Waals surface area contributed by atoms with Crippen LogP contribution in [0.1, 0.15) is 54.1 Å². The van der Waals surface area contributed by atoms with Crippen molar-refractivity contribution in [2.75, 3.05) is 5.32 Å². The van der Waals surface area contributed by atoms with Crippen LogP contribution in [0.25, 0.3) is 0 Å². The van der Waals surface area contributed by atoms with Crippen LogP contribution in [0.4, 0.5) is 5.69 Å². The summed E-state index contributed by atoms with van der Waals surface area (Å²) in [5.41, 5.74) is 2.41. The molecule has 1 aromatic carbocycles. The van der Waals surface area contributed by atoms with E-state index in [2.05, 4.69) is 26.4 Å². The molecule has 0 aliphatic heterocycles. The normalized spacial score (nSPS) is 12.1. The number of anilines is 1. The molecule has 6 nitrogen and oxygen atoms in total. The number of rotatable bonds is 5. The molecule has 1 amide bonds. The smallest absolute Gasteiger partial charge is 0.344 e. The first kappa shape index (κ1) is 19.2. The number of benzene rings is 1. The average molecular weight is 409 g/mol. The Kier molecular flexibility index (Phi) is 6.00. The number of amides is 1. The lowest BCUT2D eigenvalue weighted by Gasteiger charge is -2.15. The lowest BCUT2D eigenvalue weighted by atomic mass is 10.1. The number of hydrogen-bond acceptors (Lipinski definition) is 5. The minimum absolute atomic E-state index is 0.0172. The van der Waals surface area contributed by atoms with Crippen molar-refractivity contribution >= 4 is 33.5 Å². The number of nitrogens with zero attached hydrogens (tertiary/aromatic N) is 1. The van der Waals surface area contributed by atoms with E-state index in [-0.39, 0.29) is 11.5 Å². The van der Waals surface area contributed by atoms with Crippen LogP contribution in [0.2, 0.25) is 0 Å². The fourth-order valence-electron chi connectivity index (χ4n) is 2.26. The molecule has 0 saturated carbocycles. The molecule has 2 rings (SSSR count). The number of esters is 1. The van der Waals surface area contributed by atoms with Crippen LogP contribution in [-0.2, 0) is 9.53 Å². The second kappa shape index (κ2) is 7.82. The van der Waals surface area contributed by atoms with Crippen LogP contribution in [0.15, 0.2) is 27.2 Å². The highest BCUT2D eigenvalue weighted by Gasteiger charge is 2.27. The summed E-state index contributed by atoms with van der Waals surface area (Å²) in [6.45, 7) is 8.92. The molecule has 0 aliphatic carbocycles. The number of nitrogens with one attached hydrogen (secondary N) is 1. The van der Waals surface area contributed by atoms with E-state index < -0.39 is 18.0 Å². The summed E-state index contributed by atoms with van der Waals surface area (Å²) in [5, 5.41) is 6.55. The van der Waals surface area contributed by atoms with Gasteiger partial charge in [0.2, 0.25) is 0 Å². The number of halogens is 1. The van der Waals surface area contributed by atoms with Crippen molar-refractivity contribution < 1.29 is 18.8 Å². The number of ether oxygens (including phenoxy) is 1. The first-order valence-electron chi connectivity index (χ1n) is 7.94. The zero-order valence-corrected chi connectivity index (χ0v) is 16.4. The van der Waals surface area contributed by atoms with E-state index in [0.29, 0.717) is 17.1 Å². The van der Waals surface area contributed by atoms with Gasteiger partial charge in [-0.2, -0.15) is 0 Å². The summed E-state index contributed by atoms with van der Waals surface area (Å²) < 4.78 is 11.2.